The predicted octanol–water partition coefficient (Wildman–Crippen LogP) is 2.59. The van der Waals surface area contributed by atoms with Crippen molar-refractivity contribution < 1.29 is 9.34 Å². The molecule has 0 aliphatic heterocycles. The Kier molecular flexibility index (Phi) is 3.04. The fourth-order valence-electron chi connectivity index (χ4n) is 1.29. The second kappa shape index (κ2) is 4.48. The van der Waals surface area contributed by atoms with E-state index in [1.807, 2.05) is 0 Å². The SMILES string of the molecule is O=[N+]([O-])c1ccc(C(Br)Cc2ncc[nH]2)o1. The number of rotatable bonds is 4. The molecule has 0 fully saturated rings. The number of hydrogen-bond acceptors (Lipinski definition) is 4. The van der Waals surface area contributed by atoms with E-state index < -0.39 is 4.92 Å². The van der Waals surface area contributed by atoms with Gasteiger partial charge in [-0.2, -0.15) is 0 Å². The molecule has 0 bridgehead atoms. The van der Waals surface area contributed by atoms with Gasteiger partial charge in [-0.15, -0.1) is 0 Å². The highest BCUT2D eigenvalue weighted by molar-refractivity contribution is 9.09. The molecule has 6 nitrogen and oxygen atoms in total. The molecule has 0 radical (unpaired) electrons. The highest BCUT2D eigenvalue weighted by atomic mass is 79.9. The third-order valence-corrected chi connectivity index (χ3v) is 2.80. The van der Waals surface area contributed by atoms with Crippen molar-refractivity contribution in [2.75, 3.05) is 0 Å². The predicted molar refractivity (Wildman–Crippen MR) is 59.3 cm³/mol. The number of nitrogens with one attached hydrogen (secondary N) is 1. The maximum absolute atomic E-state index is 10.4. The number of aromatic nitrogens is 2. The first-order chi connectivity index (χ1) is 7.66. The number of hydrogen-bond donors (Lipinski definition) is 1. The summed E-state index contributed by atoms with van der Waals surface area (Å²) >= 11 is 3.39. The number of halogens is 1. The first kappa shape index (κ1) is 10.9. The Morgan fingerprint density at radius 3 is 3.00 bits per heavy atom. The lowest BCUT2D eigenvalue weighted by Gasteiger charge is -2.02. The van der Waals surface area contributed by atoms with E-state index in [9.17, 15) is 10.1 Å². The van der Waals surface area contributed by atoms with Crippen LogP contribution < -0.4 is 0 Å². The summed E-state index contributed by atoms with van der Waals surface area (Å²) in [6.07, 6.45) is 3.96. The summed E-state index contributed by atoms with van der Waals surface area (Å²) in [5.74, 6) is 1.06. The fraction of sp³-hybridized carbons (Fsp3) is 0.222. The van der Waals surface area contributed by atoms with Crippen LogP contribution in [-0.2, 0) is 6.42 Å². The second-order valence-corrected chi connectivity index (χ2v) is 4.25. The van der Waals surface area contributed by atoms with Crippen molar-refractivity contribution in [3.63, 3.8) is 0 Å². The Labute approximate surface area is 99.0 Å². The fourth-order valence-corrected chi connectivity index (χ4v) is 1.84. The van der Waals surface area contributed by atoms with Crippen LogP contribution in [0.1, 0.15) is 16.4 Å². The van der Waals surface area contributed by atoms with Gasteiger partial charge in [0.25, 0.3) is 0 Å². The van der Waals surface area contributed by atoms with Gasteiger partial charge in [-0.05, 0) is 6.07 Å². The Morgan fingerprint density at radius 1 is 1.62 bits per heavy atom. The molecule has 2 aromatic rings. The largest absolute Gasteiger partial charge is 0.433 e. The highest BCUT2D eigenvalue weighted by Crippen LogP contribution is 2.29. The summed E-state index contributed by atoms with van der Waals surface area (Å²) < 4.78 is 5.07. The molecule has 0 aliphatic rings. The first-order valence-electron chi connectivity index (χ1n) is 4.53. The van der Waals surface area contributed by atoms with Gasteiger partial charge in [0.15, 0.2) is 0 Å². The molecule has 2 heterocycles. The van der Waals surface area contributed by atoms with Crippen LogP contribution in [0.4, 0.5) is 5.88 Å². The van der Waals surface area contributed by atoms with E-state index in [0.717, 1.165) is 5.82 Å². The van der Waals surface area contributed by atoms with Crippen molar-refractivity contribution in [3.05, 3.63) is 46.2 Å². The smallest absolute Gasteiger partial charge is 0.405 e. The molecule has 0 saturated heterocycles. The summed E-state index contributed by atoms with van der Waals surface area (Å²) in [4.78, 5) is 16.8. The number of H-pyrrole nitrogens is 1. The Morgan fingerprint density at radius 2 is 2.44 bits per heavy atom. The van der Waals surface area contributed by atoms with Gasteiger partial charge in [-0.3, -0.25) is 10.1 Å². The summed E-state index contributed by atoms with van der Waals surface area (Å²) in [6.45, 7) is 0. The molecule has 0 aliphatic carbocycles. The highest BCUT2D eigenvalue weighted by Gasteiger charge is 2.18. The van der Waals surface area contributed by atoms with Crippen molar-refractivity contribution in [1.29, 1.82) is 0 Å². The molecule has 2 aromatic heterocycles. The van der Waals surface area contributed by atoms with E-state index in [2.05, 4.69) is 25.9 Å². The zero-order valence-electron chi connectivity index (χ0n) is 8.09. The third-order valence-electron chi connectivity index (χ3n) is 2.03. The number of imidazole rings is 1. The topological polar surface area (TPSA) is 85.0 Å². The number of aromatic amines is 1. The van der Waals surface area contributed by atoms with E-state index in [-0.39, 0.29) is 10.7 Å². The van der Waals surface area contributed by atoms with Crippen LogP contribution in [0, 0.1) is 10.1 Å². The zero-order chi connectivity index (χ0) is 11.5. The van der Waals surface area contributed by atoms with Crippen LogP contribution in [0.5, 0.6) is 0 Å². The summed E-state index contributed by atoms with van der Waals surface area (Å²) in [5, 5.41) is 10.4. The molecule has 7 heteroatoms. The van der Waals surface area contributed by atoms with Crippen LogP contribution in [0.3, 0.4) is 0 Å². The van der Waals surface area contributed by atoms with Crippen molar-refractivity contribution in [2.24, 2.45) is 0 Å². The van der Waals surface area contributed by atoms with E-state index in [4.69, 9.17) is 4.42 Å². The Balaban J connectivity index is 2.08. The molecule has 84 valence electrons. The van der Waals surface area contributed by atoms with E-state index in [1.165, 1.54) is 6.07 Å². The molecule has 1 unspecified atom stereocenters. The molecule has 0 aromatic carbocycles. The van der Waals surface area contributed by atoms with E-state index in [0.29, 0.717) is 12.2 Å². The number of alkyl halides is 1. The Bertz CT molecular complexity index is 480. The van der Waals surface area contributed by atoms with Crippen molar-refractivity contribution in [1.82, 2.24) is 9.97 Å². The summed E-state index contributed by atoms with van der Waals surface area (Å²) in [5.41, 5.74) is 0. The van der Waals surface area contributed by atoms with Crippen LogP contribution in [0.15, 0.2) is 28.9 Å². The maximum Gasteiger partial charge on any atom is 0.433 e. The van der Waals surface area contributed by atoms with Crippen LogP contribution in [-0.4, -0.2) is 14.9 Å². The van der Waals surface area contributed by atoms with Gasteiger partial charge >= 0.3 is 5.88 Å². The molecular formula is C9H8BrN3O3. The average molecular weight is 286 g/mol. The van der Waals surface area contributed by atoms with Crippen molar-refractivity contribution >= 4 is 21.8 Å². The van der Waals surface area contributed by atoms with Crippen molar-refractivity contribution in [2.45, 2.75) is 11.2 Å². The molecule has 16 heavy (non-hydrogen) atoms. The molecule has 1 atom stereocenters. The van der Waals surface area contributed by atoms with Gasteiger partial charge in [0.1, 0.15) is 16.5 Å². The zero-order valence-corrected chi connectivity index (χ0v) is 9.68. The number of nitrogens with zero attached hydrogens (tertiary/aromatic N) is 2. The van der Waals surface area contributed by atoms with Gasteiger partial charge in [0.05, 0.1) is 10.9 Å². The molecule has 0 saturated carbocycles. The maximum atomic E-state index is 10.4. The van der Waals surface area contributed by atoms with Crippen LogP contribution in [0.25, 0.3) is 0 Å². The molecule has 0 amide bonds. The van der Waals surface area contributed by atoms with Crippen LogP contribution >= 0.6 is 15.9 Å². The lowest BCUT2D eigenvalue weighted by atomic mass is 10.2. The lowest BCUT2D eigenvalue weighted by Crippen LogP contribution is -1.95. The molecule has 1 N–H and O–H groups in total. The summed E-state index contributed by atoms with van der Waals surface area (Å²) in [7, 11) is 0. The number of nitro groups is 1. The van der Waals surface area contributed by atoms with E-state index >= 15 is 0 Å². The van der Waals surface area contributed by atoms with Gasteiger partial charge in [0, 0.05) is 18.8 Å². The van der Waals surface area contributed by atoms with Gasteiger partial charge in [-0.25, -0.2) is 4.98 Å². The van der Waals surface area contributed by atoms with Gasteiger partial charge < -0.3 is 9.40 Å². The average Bonchev–Trinajstić information content (AvgIpc) is 2.86. The quantitative estimate of drug-likeness (QED) is 0.531. The minimum absolute atomic E-state index is 0.132. The first-order valence-corrected chi connectivity index (χ1v) is 5.45. The molecule has 0 spiro atoms. The summed E-state index contributed by atoms with van der Waals surface area (Å²) in [6, 6.07) is 2.92. The monoisotopic (exact) mass is 285 g/mol. The third kappa shape index (κ3) is 2.30. The van der Waals surface area contributed by atoms with Crippen molar-refractivity contribution in [3.8, 4) is 0 Å². The Hall–Kier alpha value is -1.63. The van der Waals surface area contributed by atoms with Gasteiger partial charge in [-0.1, -0.05) is 15.9 Å². The minimum atomic E-state index is -0.559. The second-order valence-electron chi connectivity index (χ2n) is 3.14. The molecule has 2 rings (SSSR count). The van der Waals surface area contributed by atoms with Crippen LogP contribution in [0.2, 0.25) is 0 Å². The van der Waals surface area contributed by atoms with E-state index in [1.54, 1.807) is 18.5 Å². The number of furan rings is 1. The normalized spacial score (nSPS) is 12.6. The van der Waals surface area contributed by atoms with Gasteiger partial charge in [0.2, 0.25) is 0 Å². The molecular weight excluding hydrogens is 278 g/mol. The standard InChI is InChI=1S/C9H8BrN3O3/c10-6(5-8-11-3-4-12-8)7-1-2-9(16-7)13(14)15/h1-4,6H,5H2,(H,11,12). The lowest BCUT2D eigenvalue weighted by molar-refractivity contribution is -0.402. The minimum Gasteiger partial charge on any atom is -0.405 e.